The normalized spacial score (nSPS) is 43.4. The van der Waals surface area contributed by atoms with Crippen LogP contribution in [0.25, 0.3) is 0 Å². The van der Waals surface area contributed by atoms with E-state index in [1.54, 1.807) is 0 Å². The number of nitrogens with zero attached hydrogens (tertiary/aromatic N) is 1. The zero-order chi connectivity index (χ0) is 13.9. The molecule has 0 aromatic carbocycles. The summed E-state index contributed by atoms with van der Waals surface area (Å²) < 4.78 is 4.97. The molecule has 3 fully saturated rings. The predicted octanol–water partition coefficient (Wildman–Crippen LogP) is 0.949. The largest absolute Gasteiger partial charge is 0.456 e. The maximum atomic E-state index is 13.0. The van der Waals surface area contributed by atoms with Gasteiger partial charge < -0.3 is 15.0 Å². The van der Waals surface area contributed by atoms with E-state index in [9.17, 15) is 9.59 Å². The Balaban J connectivity index is 1.63. The van der Waals surface area contributed by atoms with Crippen molar-refractivity contribution < 1.29 is 14.3 Å². The Morgan fingerprint density at radius 2 is 1.95 bits per heavy atom. The average Bonchev–Trinajstić information content (AvgIpc) is 3.01. The van der Waals surface area contributed by atoms with Gasteiger partial charge in [-0.1, -0.05) is 0 Å². The summed E-state index contributed by atoms with van der Waals surface area (Å²) in [6.45, 7) is 2.33. The second-order valence-electron chi connectivity index (χ2n) is 6.80. The molecule has 4 aliphatic heterocycles. The van der Waals surface area contributed by atoms with E-state index in [1.165, 1.54) is 18.9 Å². The number of piperidine rings is 1. The molecule has 20 heavy (non-hydrogen) atoms. The van der Waals surface area contributed by atoms with Crippen LogP contribution in [0, 0.1) is 5.41 Å². The Bertz CT molecular complexity index is 501. The van der Waals surface area contributed by atoms with Gasteiger partial charge >= 0.3 is 5.97 Å². The second-order valence-corrected chi connectivity index (χ2v) is 6.80. The third kappa shape index (κ3) is 1.65. The van der Waals surface area contributed by atoms with Crippen molar-refractivity contribution in [3.05, 3.63) is 11.8 Å². The molecular weight excluding hydrogens is 256 g/mol. The lowest BCUT2D eigenvalue weighted by Crippen LogP contribution is -2.48. The van der Waals surface area contributed by atoms with E-state index in [0.29, 0.717) is 12.1 Å². The Hall–Kier alpha value is -1.36. The molecule has 0 aromatic rings. The highest BCUT2D eigenvalue weighted by molar-refractivity contribution is 5.91. The predicted molar refractivity (Wildman–Crippen MR) is 71.6 cm³/mol. The van der Waals surface area contributed by atoms with Crippen molar-refractivity contribution >= 4 is 11.9 Å². The SMILES string of the molecule is C[C@@H]1C[C@@]2(C[C@H]3CC[C@@H](C2)N3)C(=O)N1C1=CC(=O)OC1. The van der Waals surface area contributed by atoms with Crippen LogP contribution in [0.1, 0.15) is 39.0 Å². The maximum absolute atomic E-state index is 13.0. The van der Waals surface area contributed by atoms with E-state index < -0.39 is 0 Å². The molecule has 108 valence electrons. The number of fused-ring (bicyclic) bond motifs is 2. The van der Waals surface area contributed by atoms with Crippen molar-refractivity contribution in [2.24, 2.45) is 5.41 Å². The number of carbonyl (C=O) groups excluding carboxylic acids is 2. The molecule has 0 unspecified atom stereocenters. The van der Waals surface area contributed by atoms with Crippen molar-refractivity contribution in [2.75, 3.05) is 6.61 Å². The van der Waals surface area contributed by atoms with Gasteiger partial charge in [0.1, 0.15) is 6.61 Å². The fraction of sp³-hybridized carbons (Fsp3) is 0.733. The molecular formula is C15H20N2O3. The summed E-state index contributed by atoms with van der Waals surface area (Å²) in [6, 6.07) is 1.17. The Morgan fingerprint density at radius 1 is 1.25 bits per heavy atom. The number of rotatable bonds is 1. The highest BCUT2D eigenvalue weighted by Crippen LogP contribution is 2.50. The Labute approximate surface area is 118 Å². The lowest BCUT2D eigenvalue weighted by atomic mass is 9.73. The zero-order valence-electron chi connectivity index (χ0n) is 11.7. The minimum absolute atomic E-state index is 0.167. The first-order valence-corrected chi connectivity index (χ1v) is 7.54. The number of esters is 1. The van der Waals surface area contributed by atoms with E-state index in [0.717, 1.165) is 25.0 Å². The van der Waals surface area contributed by atoms with Crippen LogP contribution in [0.4, 0.5) is 0 Å². The van der Waals surface area contributed by atoms with Gasteiger partial charge in [-0.15, -0.1) is 0 Å². The zero-order valence-corrected chi connectivity index (χ0v) is 11.7. The molecule has 1 N–H and O–H groups in total. The van der Waals surface area contributed by atoms with Crippen LogP contribution in [-0.4, -0.2) is 41.5 Å². The number of hydrogen-bond donors (Lipinski definition) is 1. The van der Waals surface area contributed by atoms with Gasteiger partial charge in [-0.3, -0.25) is 4.79 Å². The standard InChI is InChI=1S/C15H20N2O3/c1-9-5-15(6-10-2-3-11(7-15)16-10)14(19)17(9)12-4-13(18)20-8-12/h4,9-11,16H,2-3,5-8H2,1H3/t9-,10-,11+,15+/m1/s1. The smallest absolute Gasteiger partial charge is 0.333 e. The summed E-state index contributed by atoms with van der Waals surface area (Å²) >= 11 is 0. The summed E-state index contributed by atoms with van der Waals surface area (Å²) in [5.41, 5.74) is 0.540. The molecule has 5 heteroatoms. The molecule has 0 saturated carbocycles. The van der Waals surface area contributed by atoms with E-state index >= 15 is 0 Å². The molecule has 1 amide bonds. The highest BCUT2D eigenvalue weighted by atomic mass is 16.5. The van der Waals surface area contributed by atoms with Gasteiger partial charge in [0.05, 0.1) is 11.1 Å². The maximum Gasteiger partial charge on any atom is 0.333 e. The molecule has 1 spiro atoms. The third-order valence-electron chi connectivity index (χ3n) is 5.36. The van der Waals surface area contributed by atoms with Crippen LogP contribution in [0.5, 0.6) is 0 Å². The summed E-state index contributed by atoms with van der Waals surface area (Å²) in [6.07, 6.45) is 6.67. The number of amides is 1. The molecule has 2 bridgehead atoms. The summed E-state index contributed by atoms with van der Waals surface area (Å²) in [5.74, 6) is -0.112. The minimum atomic E-state index is -0.327. The summed E-state index contributed by atoms with van der Waals surface area (Å²) in [5, 5.41) is 3.60. The van der Waals surface area contributed by atoms with Gasteiger partial charge in [0, 0.05) is 24.2 Å². The molecule has 3 saturated heterocycles. The first-order valence-electron chi connectivity index (χ1n) is 7.54. The molecule has 4 heterocycles. The molecule has 0 aromatic heterocycles. The van der Waals surface area contributed by atoms with Gasteiger partial charge in [-0.05, 0) is 39.0 Å². The van der Waals surface area contributed by atoms with E-state index in [2.05, 4.69) is 12.2 Å². The van der Waals surface area contributed by atoms with Crippen molar-refractivity contribution in [3.8, 4) is 0 Å². The molecule has 0 radical (unpaired) electrons. The first-order chi connectivity index (χ1) is 9.57. The Kier molecular flexibility index (Phi) is 2.52. The summed E-state index contributed by atoms with van der Waals surface area (Å²) in [4.78, 5) is 26.1. The van der Waals surface area contributed by atoms with Gasteiger partial charge in [-0.2, -0.15) is 0 Å². The van der Waals surface area contributed by atoms with Crippen molar-refractivity contribution in [3.63, 3.8) is 0 Å². The number of nitrogens with one attached hydrogen (secondary N) is 1. The van der Waals surface area contributed by atoms with Crippen LogP contribution in [0.15, 0.2) is 11.8 Å². The number of hydrogen-bond acceptors (Lipinski definition) is 4. The fourth-order valence-corrected chi connectivity index (χ4v) is 4.71. The van der Waals surface area contributed by atoms with Crippen LogP contribution in [0.3, 0.4) is 0 Å². The van der Waals surface area contributed by atoms with Crippen LogP contribution in [-0.2, 0) is 14.3 Å². The lowest BCUT2D eigenvalue weighted by Gasteiger charge is -2.36. The number of cyclic esters (lactones) is 1. The van der Waals surface area contributed by atoms with Crippen LogP contribution in [0.2, 0.25) is 0 Å². The van der Waals surface area contributed by atoms with Crippen molar-refractivity contribution in [1.82, 2.24) is 10.2 Å². The topological polar surface area (TPSA) is 58.6 Å². The quantitative estimate of drug-likeness (QED) is 0.724. The van der Waals surface area contributed by atoms with Gasteiger partial charge in [0.15, 0.2) is 0 Å². The molecule has 0 aliphatic carbocycles. The van der Waals surface area contributed by atoms with Gasteiger partial charge in [0.25, 0.3) is 0 Å². The second kappa shape index (κ2) is 4.07. The lowest BCUT2D eigenvalue weighted by molar-refractivity contribution is -0.138. The Morgan fingerprint density at radius 3 is 2.55 bits per heavy atom. The van der Waals surface area contributed by atoms with Crippen molar-refractivity contribution in [2.45, 2.75) is 57.2 Å². The minimum Gasteiger partial charge on any atom is -0.456 e. The van der Waals surface area contributed by atoms with E-state index in [-0.39, 0.29) is 29.9 Å². The van der Waals surface area contributed by atoms with E-state index in [1.807, 2.05) is 4.90 Å². The van der Waals surface area contributed by atoms with E-state index in [4.69, 9.17) is 4.74 Å². The van der Waals surface area contributed by atoms with Crippen LogP contribution >= 0.6 is 0 Å². The number of likely N-dealkylation sites (tertiary alicyclic amines) is 1. The molecule has 5 nitrogen and oxygen atoms in total. The van der Waals surface area contributed by atoms with Crippen molar-refractivity contribution in [1.29, 1.82) is 0 Å². The number of carbonyl (C=O) groups is 2. The molecule has 4 rings (SSSR count). The first kappa shape index (κ1) is 12.4. The highest BCUT2D eigenvalue weighted by Gasteiger charge is 2.56. The third-order valence-corrected chi connectivity index (χ3v) is 5.36. The van der Waals surface area contributed by atoms with Gasteiger partial charge in [-0.25, -0.2) is 4.79 Å². The van der Waals surface area contributed by atoms with Gasteiger partial charge in [0.2, 0.25) is 5.91 Å². The van der Waals surface area contributed by atoms with Crippen LogP contribution < -0.4 is 5.32 Å². The summed E-state index contributed by atoms with van der Waals surface area (Å²) in [7, 11) is 0. The average molecular weight is 276 g/mol. The number of ether oxygens (including phenoxy) is 1. The monoisotopic (exact) mass is 276 g/mol. The molecule has 4 atom stereocenters. The fourth-order valence-electron chi connectivity index (χ4n) is 4.71. The molecule has 4 aliphatic rings.